The number of ether oxygens (including phenoxy) is 1. The molecule has 0 aromatic carbocycles. The van der Waals surface area contributed by atoms with Crippen LogP contribution in [0.1, 0.15) is 59.3 Å². The lowest BCUT2D eigenvalue weighted by molar-refractivity contribution is -0.150. The largest absolute Gasteiger partial charge is 0.466 e. The van der Waals surface area contributed by atoms with Crippen LogP contribution in [0.5, 0.6) is 0 Å². The Bertz CT molecular complexity index is 277. The third-order valence-corrected chi connectivity index (χ3v) is 3.81. The van der Waals surface area contributed by atoms with Crippen LogP contribution in [-0.2, 0) is 14.3 Å². The third kappa shape index (κ3) is 3.83. The number of carbonyl (C=O) groups is 2. The van der Waals surface area contributed by atoms with E-state index in [0.29, 0.717) is 13.0 Å². The van der Waals surface area contributed by atoms with Crippen LogP contribution >= 0.6 is 0 Å². The molecule has 3 heteroatoms. The second-order valence-electron chi connectivity index (χ2n) is 5.40. The second-order valence-corrected chi connectivity index (χ2v) is 5.40. The summed E-state index contributed by atoms with van der Waals surface area (Å²) in [7, 11) is 0. The zero-order chi connectivity index (χ0) is 12.9. The van der Waals surface area contributed by atoms with E-state index in [0.717, 1.165) is 25.7 Å². The van der Waals surface area contributed by atoms with E-state index in [-0.39, 0.29) is 23.1 Å². The molecule has 0 saturated heterocycles. The zero-order valence-electron chi connectivity index (χ0n) is 11.3. The molecule has 0 N–H and O–H groups in total. The summed E-state index contributed by atoms with van der Waals surface area (Å²) >= 11 is 0. The van der Waals surface area contributed by atoms with E-state index in [1.54, 1.807) is 13.8 Å². The van der Waals surface area contributed by atoms with Crippen LogP contribution in [0.2, 0.25) is 0 Å². The van der Waals surface area contributed by atoms with E-state index >= 15 is 0 Å². The first-order chi connectivity index (χ1) is 7.99. The maximum atomic E-state index is 12.2. The molecule has 1 unspecified atom stereocenters. The smallest absolute Gasteiger partial charge is 0.309 e. The van der Waals surface area contributed by atoms with Crippen LogP contribution in [0.25, 0.3) is 0 Å². The highest BCUT2D eigenvalue weighted by Gasteiger charge is 2.35. The maximum absolute atomic E-state index is 12.2. The second kappa shape index (κ2) is 6.18. The number of carbonyl (C=O) groups excluding carboxylic acids is 2. The van der Waals surface area contributed by atoms with Crippen LogP contribution in [-0.4, -0.2) is 18.4 Å². The average Bonchev–Trinajstić information content (AvgIpc) is 2.30. The molecule has 1 fully saturated rings. The van der Waals surface area contributed by atoms with Crippen molar-refractivity contribution in [3.05, 3.63) is 0 Å². The molecule has 0 heterocycles. The molecular formula is C14H24O3. The Morgan fingerprint density at radius 1 is 1.24 bits per heavy atom. The molecule has 1 atom stereocenters. The van der Waals surface area contributed by atoms with Crippen LogP contribution in [0.15, 0.2) is 0 Å². The molecule has 1 rings (SSSR count). The normalized spacial score (nSPS) is 20.6. The minimum atomic E-state index is -0.304. The van der Waals surface area contributed by atoms with Gasteiger partial charge in [0.25, 0.3) is 0 Å². The predicted octanol–water partition coefficient (Wildman–Crippen LogP) is 3.12. The predicted molar refractivity (Wildman–Crippen MR) is 66.6 cm³/mol. The molecule has 0 aromatic heterocycles. The third-order valence-electron chi connectivity index (χ3n) is 3.81. The van der Waals surface area contributed by atoms with Crippen molar-refractivity contribution in [3.8, 4) is 0 Å². The summed E-state index contributed by atoms with van der Waals surface area (Å²) in [6.45, 7) is 6.00. The molecule has 0 aliphatic heterocycles. The fourth-order valence-electron chi connectivity index (χ4n) is 2.50. The number of hydrogen-bond acceptors (Lipinski definition) is 3. The highest BCUT2D eigenvalue weighted by atomic mass is 16.5. The highest BCUT2D eigenvalue weighted by Crippen LogP contribution is 2.38. The average molecular weight is 240 g/mol. The topological polar surface area (TPSA) is 43.4 Å². The Morgan fingerprint density at radius 3 is 2.35 bits per heavy atom. The molecule has 0 spiro atoms. The van der Waals surface area contributed by atoms with E-state index in [4.69, 9.17) is 4.74 Å². The molecule has 0 bridgehead atoms. The van der Waals surface area contributed by atoms with Gasteiger partial charge in [-0.15, -0.1) is 0 Å². The van der Waals surface area contributed by atoms with E-state index in [2.05, 4.69) is 0 Å². The van der Waals surface area contributed by atoms with Crippen LogP contribution < -0.4 is 0 Å². The first-order valence-corrected chi connectivity index (χ1v) is 6.69. The number of rotatable bonds is 5. The first-order valence-electron chi connectivity index (χ1n) is 6.69. The van der Waals surface area contributed by atoms with Crippen molar-refractivity contribution in [1.29, 1.82) is 0 Å². The summed E-state index contributed by atoms with van der Waals surface area (Å²) < 4.78 is 4.93. The summed E-state index contributed by atoms with van der Waals surface area (Å²) in [4.78, 5) is 23.7. The van der Waals surface area contributed by atoms with Gasteiger partial charge in [0.2, 0.25) is 0 Å². The van der Waals surface area contributed by atoms with Gasteiger partial charge < -0.3 is 4.74 Å². The fraction of sp³-hybridized carbons (Fsp3) is 0.857. The van der Waals surface area contributed by atoms with Gasteiger partial charge in [-0.25, -0.2) is 0 Å². The molecule has 1 aliphatic rings. The van der Waals surface area contributed by atoms with Crippen molar-refractivity contribution in [1.82, 2.24) is 0 Å². The van der Waals surface area contributed by atoms with Crippen molar-refractivity contribution in [2.45, 2.75) is 59.3 Å². The van der Waals surface area contributed by atoms with Gasteiger partial charge in [0.15, 0.2) is 0 Å². The minimum absolute atomic E-state index is 0.195. The summed E-state index contributed by atoms with van der Waals surface area (Å²) in [5.41, 5.74) is -0.195. The van der Waals surface area contributed by atoms with Gasteiger partial charge in [-0.2, -0.15) is 0 Å². The Kier molecular flexibility index (Phi) is 5.16. The van der Waals surface area contributed by atoms with E-state index in [1.165, 1.54) is 6.42 Å². The van der Waals surface area contributed by atoms with Gasteiger partial charge >= 0.3 is 5.97 Å². The Labute approximate surface area is 104 Å². The maximum Gasteiger partial charge on any atom is 0.309 e. The molecule has 0 radical (unpaired) electrons. The summed E-state index contributed by atoms with van der Waals surface area (Å²) in [6.07, 6.45) is 5.78. The summed E-state index contributed by atoms with van der Waals surface area (Å²) in [6, 6.07) is 0. The monoisotopic (exact) mass is 240 g/mol. The first kappa shape index (κ1) is 14.2. The molecule has 3 nitrogen and oxygen atoms in total. The quantitative estimate of drug-likeness (QED) is 0.693. The number of esters is 1. The number of Topliss-reactive ketones (excluding diaryl/α,β-unsaturated/α-hetero) is 1. The van der Waals surface area contributed by atoms with Crippen molar-refractivity contribution >= 4 is 11.8 Å². The summed E-state index contributed by atoms with van der Waals surface area (Å²) in [5, 5.41) is 0. The van der Waals surface area contributed by atoms with Gasteiger partial charge in [-0.05, 0) is 19.8 Å². The molecular weight excluding hydrogens is 216 g/mol. The van der Waals surface area contributed by atoms with Gasteiger partial charge in [0.05, 0.1) is 12.5 Å². The van der Waals surface area contributed by atoms with E-state index in [9.17, 15) is 9.59 Å². The van der Waals surface area contributed by atoms with Crippen molar-refractivity contribution in [2.24, 2.45) is 11.3 Å². The zero-order valence-corrected chi connectivity index (χ0v) is 11.3. The summed E-state index contributed by atoms with van der Waals surface area (Å²) in [5.74, 6) is -0.320. The Balaban J connectivity index is 2.50. The van der Waals surface area contributed by atoms with Gasteiger partial charge in [0, 0.05) is 11.8 Å². The molecule has 1 aliphatic carbocycles. The van der Waals surface area contributed by atoms with Crippen molar-refractivity contribution in [3.63, 3.8) is 0 Å². The lowest BCUT2D eigenvalue weighted by Gasteiger charge is -2.32. The number of hydrogen-bond donors (Lipinski definition) is 0. The molecule has 17 heavy (non-hydrogen) atoms. The standard InChI is InChI=1S/C14H24O3/c1-4-17-13(16)11(2)10-12(15)14(3)8-6-5-7-9-14/h11H,4-10H2,1-3H3. The lowest BCUT2D eigenvalue weighted by Crippen LogP contribution is -2.32. The highest BCUT2D eigenvalue weighted by molar-refractivity contribution is 5.88. The van der Waals surface area contributed by atoms with Crippen molar-refractivity contribution in [2.75, 3.05) is 6.61 Å². The SMILES string of the molecule is CCOC(=O)C(C)CC(=O)C1(C)CCCCC1. The lowest BCUT2D eigenvalue weighted by atomic mass is 9.71. The van der Waals surface area contributed by atoms with Gasteiger partial charge in [0.1, 0.15) is 5.78 Å². The van der Waals surface area contributed by atoms with Crippen LogP contribution in [0, 0.1) is 11.3 Å². The Morgan fingerprint density at radius 2 is 1.82 bits per heavy atom. The van der Waals surface area contributed by atoms with Gasteiger partial charge in [-0.1, -0.05) is 33.1 Å². The Hall–Kier alpha value is -0.860. The molecule has 0 amide bonds. The van der Waals surface area contributed by atoms with Crippen LogP contribution in [0.3, 0.4) is 0 Å². The van der Waals surface area contributed by atoms with Gasteiger partial charge in [-0.3, -0.25) is 9.59 Å². The minimum Gasteiger partial charge on any atom is -0.466 e. The number of ketones is 1. The van der Waals surface area contributed by atoms with Crippen LogP contribution in [0.4, 0.5) is 0 Å². The molecule has 0 aromatic rings. The van der Waals surface area contributed by atoms with E-state index in [1.807, 2.05) is 6.92 Å². The van der Waals surface area contributed by atoms with Crippen molar-refractivity contribution < 1.29 is 14.3 Å². The molecule has 98 valence electrons. The van der Waals surface area contributed by atoms with E-state index < -0.39 is 0 Å². The molecule has 1 saturated carbocycles. The fourth-order valence-corrected chi connectivity index (χ4v) is 2.50.